The fraction of sp³-hybridized carbons (Fsp3) is 0.400. The highest BCUT2D eigenvalue weighted by Crippen LogP contribution is 2.10. The zero-order valence-electron chi connectivity index (χ0n) is 9.18. The first-order valence-corrected chi connectivity index (χ1v) is 5.97. The van der Waals surface area contributed by atoms with Crippen molar-refractivity contribution in [1.82, 2.24) is 25.0 Å². The van der Waals surface area contributed by atoms with E-state index in [1.807, 2.05) is 6.20 Å². The number of aromatic nitrogens is 5. The molecule has 0 aliphatic rings. The summed E-state index contributed by atoms with van der Waals surface area (Å²) in [6.07, 6.45) is 5.21. The molecule has 0 aliphatic heterocycles. The van der Waals surface area contributed by atoms with Gasteiger partial charge in [0.1, 0.15) is 0 Å². The Morgan fingerprint density at radius 3 is 2.50 bits per heavy atom. The molecule has 0 saturated heterocycles. The molecule has 0 amide bonds. The summed E-state index contributed by atoms with van der Waals surface area (Å²) in [5, 5.41) is 12.3. The minimum atomic E-state index is 0.514. The van der Waals surface area contributed by atoms with Crippen LogP contribution in [0.4, 0.5) is 0 Å². The Kier molecular flexibility index (Phi) is 3.28. The highest BCUT2D eigenvalue weighted by atomic mass is 79.9. The topological polar surface area (TPSA) is 56.5 Å². The first-order chi connectivity index (χ1) is 7.74. The van der Waals surface area contributed by atoms with Crippen molar-refractivity contribution in [3.8, 4) is 5.95 Å². The molecular formula is C10H12BrN5. The van der Waals surface area contributed by atoms with E-state index in [1.54, 1.807) is 10.9 Å². The Morgan fingerprint density at radius 2 is 1.94 bits per heavy atom. The van der Waals surface area contributed by atoms with Crippen LogP contribution in [0.1, 0.15) is 25.2 Å². The molecule has 0 atom stereocenters. The molecule has 0 spiro atoms. The maximum Gasteiger partial charge on any atom is 0.270 e. The minimum Gasteiger partial charge on any atom is -0.213 e. The Balaban J connectivity index is 2.43. The van der Waals surface area contributed by atoms with E-state index in [1.165, 1.54) is 0 Å². The summed E-state index contributed by atoms with van der Waals surface area (Å²) in [7, 11) is 0. The van der Waals surface area contributed by atoms with Gasteiger partial charge in [0.2, 0.25) is 0 Å². The summed E-state index contributed by atoms with van der Waals surface area (Å²) >= 11 is 3.33. The van der Waals surface area contributed by atoms with E-state index in [9.17, 15) is 0 Å². The molecule has 0 fully saturated rings. The van der Waals surface area contributed by atoms with Gasteiger partial charge < -0.3 is 0 Å². The third kappa shape index (κ3) is 2.11. The van der Waals surface area contributed by atoms with Gasteiger partial charge >= 0.3 is 0 Å². The lowest BCUT2D eigenvalue weighted by Crippen LogP contribution is -2.09. The number of hydrogen-bond acceptors (Lipinski definition) is 4. The second kappa shape index (κ2) is 4.69. The lowest BCUT2D eigenvalue weighted by atomic mass is 10.2. The van der Waals surface area contributed by atoms with Crippen LogP contribution >= 0.6 is 15.9 Å². The minimum absolute atomic E-state index is 0.514. The van der Waals surface area contributed by atoms with Crippen molar-refractivity contribution in [2.24, 2.45) is 0 Å². The van der Waals surface area contributed by atoms with E-state index in [0.717, 1.165) is 28.7 Å². The molecular weight excluding hydrogens is 270 g/mol. The van der Waals surface area contributed by atoms with Crippen LogP contribution in [0, 0.1) is 0 Å². The summed E-state index contributed by atoms with van der Waals surface area (Å²) in [5.41, 5.74) is 1.94. The summed E-state index contributed by atoms with van der Waals surface area (Å²) in [6.45, 7) is 4.11. The van der Waals surface area contributed by atoms with Gasteiger partial charge in [-0.25, -0.2) is 9.67 Å². The molecule has 84 valence electrons. The SMILES string of the molecule is CCc1nnc(-n2cc(Br)cn2)nc1CC. The number of nitrogens with zero attached hydrogens (tertiary/aromatic N) is 5. The maximum atomic E-state index is 4.45. The van der Waals surface area contributed by atoms with Gasteiger partial charge in [-0.1, -0.05) is 13.8 Å². The third-order valence-electron chi connectivity index (χ3n) is 2.25. The molecule has 6 heteroatoms. The quantitative estimate of drug-likeness (QED) is 0.863. The highest BCUT2D eigenvalue weighted by molar-refractivity contribution is 9.10. The van der Waals surface area contributed by atoms with E-state index in [2.05, 4.69) is 50.1 Å². The normalized spacial score (nSPS) is 10.7. The average molecular weight is 282 g/mol. The van der Waals surface area contributed by atoms with Gasteiger partial charge in [0.05, 0.1) is 22.1 Å². The highest BCUT2D eigenvalue weighted by Gasteiger charge is 2.08. The van der Waals surface area contributed by atoms with Gasteiger partial charge in [-0.2, -0.15) is 5.10 Å². The molecule has 0 aromatic carbocycles. The van der Waals surface area contributed by atoms with Crippen LogP contribution in [0.5, 0.6) is 0 Å². The van der Waals surface area contributed by atoms with Crippen molar-refractivity contribution in [2.45, 2.75) is 26.7 Å². The lowest BCUT2D eigenvalue weighted by molar-refractivity contribution is 0.729. The summed E-state index contributed by atoms with van der Waals surface area (Å²) in [5.74, 6) is 0.514. The molecule has 0 aliphatic carbocycles. The van der Waals surface area contributed by atoms with E-state index >= 15 is 0 Å². The fourth-order valence-corrected chi connectivity index (χ4v) is 1.72. The van der Waals surface area contributed by atoms with Crippen LogP contribution in [0.2, 0.25) is 0 Å². The number of rotatable bonds is 3. The standard InChI is InChI=1S/C10H12BrN5/c1-3-8-9(4-2)14-15-10(13-8)16-6-7(11)5-12-16/h5-6H,3-4H2,1-2H3. The van der Waals surface area contributed by atoms with Gasteiger partial charge in [-0.15, -0.1) is 10.2 Å². The zero-order valence-corrected chi connectivity index (χ0v) is 10.8. The van der Waals surface area contributed by atoms with Crippen LogP contribution in [-0.2, 0) is 12.8 Å². The second-order valence-electron chi connectivity index (χ2n) is 3.32. The molecule has 2 heterocycles. The Labute approximate surface area is 102 Å². The van der Waals surface area contributed by atoms with Gasteiger partial charge in [0.15, 0.2) is 0 Å². The molecule has 0 bridgehead atoms. The van der Waals surface area contributed by atoms with Gasteiger partial charge in [-0.3, -0.25) is 0 Å². The first kappa shape index (κ1) is 11.2. The van der Waals surface area contributed by atoms with Crippen LogP contribution in [-0.4, -0.2) is 25.0 Å². The Hall–Kier alpha value is -1.30. The maximum absolute atomic E-state index is 4.45. The molecule has 5 nitrogen and oxygen atoms in total. The van der Waals surface area contributed by atoms with Gasteiger partial charge in [0.25, 0.3) is 5.95 Å². The molecule has 2 aromatic rings. The first-order valence-electron chi connectivity index (χ1n) is 5.17. The third-order valence-corrected chi connectivity index (χ3v) is 2.66. The van der Waals surface area contributed by atoms with Crippen molar-refractivity contribution in [2.75, 3.05) is 0 Å². The zero-order chi connectivity index (χ0) is 11.5. The van der Waals surface area contributed by atoms with Crippen molar-refractivity contribution >= 4 is 15.9 Å². The number of halogens is 1. The van der Waals surface area contributed by atoms with Gasteiger partial charge in [0, 0.05) is 6.20 Å². The molecule has 0 N–H and O–H groups in total. The van der Waals surface area contributed by atoms with Crippen LogP contribution < -0.4 is 0 Å². The number of aryl methyl sites for hydroxylation is 2. The predicted octanol–water partition coefficient (Wildman–Crippen LogP) is 1.94. The second-order valence-corrected chi connectivity index (χ2v) is 4.23. The van der Waals surface area contributed by atoms with E-state index in [-0.39, 0.29) is 0 Å². The Bertz CT molecular complexity index is 494. The molecule has 0 saturated carbocycles. The summed E-state index contributed by atoms with van der Waals surface area (Å²) < 4.78 is 2.50. The average Bonchev–Trinajstić information content (AvgIpc) is 2.75. The monoisotopic (exact) mass is 281 g/mol. The molecule has 0 radical (unpaired) electrons. The summed E-state index contributed by atoms with van der Waals surface area (Å²) in [6, 6.07) is 0. The van der Waals surface area contributed by atoms with Crippen LogP contribution in [0.15, 0.2) is 16.9 Å². The predicted molar refractivity (Wildman–Crippen MR) is 63.4 cm³/mol. The Morgan fingerprint density at radius 1 is 1.19 bits per heavy atom. The molecule has 16 heavy (non-hydrogen) atoms. The lowest BCUT2D eigenvalue weighted by Gasteiger charge is -2.04. The largest absolute Gasteiger partial charge is 0.270 e. The fourth-order valence-electron chi connectivity index (χ4n) is 1.44. The molecule has 0 unspecified atom stereocenters. The van der Waals surface area contributed by atoms with Crippen LogP contribution in [0.3, 0.4) is 0 Å². The summed E-state index contributed by atoms with van der Waals surface area (Å²) in [4.78, 5) is 4.45. The van der Waals surface area contributed by atoms with E-state index < -0.39 is 0 Å². The van der Waals surface area contributed by atoms with Crippen molar-refractivity contribution in [3.63, 3.8) is 0 Å². The van der Waals surface area contributed by atoms with E-state index in [0.29, 0.717) is 5.95 Å². The van der Waals surface area contributed by atoms with E-state index in [4.69, 9.17) is 0 Å². The van der Waals surface area contributed by atoms with Crippen LogP contribution in [0.25, 0.3) is 5.95 Å². The van der Waals surface area contributed by atoms with Gasteiger partial charge in [-0.05, 0) is 28.8 Å². The number of hydrogen-bond donors (Lipinski definition) is 0. The smallest absolute Gasteiger partial charge is 0.213 e. The van der Waals surface area contributed by atoms with Crippen molar-refractivity contribution in [1.29, 1.82) is 0 Å². The molecule has 2 rings (SSSR count). The molecule has 2 aromatic heterocycles. The van der Waals surface area contributed by atoms with Crippen molar-refractivity contribution < 1.29 is 0 Å². The van der Waals surface area contributed by atoms with Crippen molar-refractivity contribution in [3.05, 3.63) is 28.3 Å².